The highest BCUT2D eigenvalue weighted by Crippen LogP contribution is 2.27. The van der Waals surface area contributed by atoms with Gasteiger partial charge in [-0.1, -0.05) is 19.8 Å². The Morgan fingerprint density at radius 2 is 2.22 bits per heavy atom. The average molecular weight is 248 g/mol. The molecule has 5 nitrogen and oxygen atoms in total. The fraction of sp³-hybridized carbons (Fsp3) is 0.538. The van der Waals surface area contributed by atoms with E-state index in [9.17, 15) is 4.79 Å². The number of rotatable bonds is 3. The zero-order chi connectivity index (χ0) is 13.1. The van der Waals surface area contributed by atoms with E-state index >= 15 is 0 Å². The molecule has 2 unspecified atom stereocenters. The number of nitrogens with one attached hydrogen (secondary N) is 1. The maximum Gasteiger partial charge on any atom is 0.267 e. The summed E-state index contributed by atoms with van der Waals surface area (Å²) in [6, 6.07) is 3.60. The van der Waals surface area contributed by atoms with Crippen LogP contribution in [0.2, 0.25) is 0 Å². The minimum atomic E-state index is -0.532. The van der Waals surface area contributed by atoms with Gasteiger partial charge in [0.2, 0.25) is 0 Å². The van der Waals surface area contributed by atoms with Gasteiger partial charge in [0.15, 0.2) is 0 Å². The molecule has 1 heterocycles. The second kappa shape index (κ2) is 5.25. The van der Waals surface area contributed by atoms with Gasteiger partial charge in [-0.25, -0.2) is 4.98 Å². The van der Waals surface area contributed by atoms with Crippen LogP contribution in [0.5, 0.6) is 0 Å². The van der Waals surface area contributed by atoms with Gasteiger partial charge in [-0.15, -0.1) is 0 Å². The molecule has 2 atom stereocenters. The van der Waals surface area contributed by atoms with Gasteiger partial charge >= 0.3 is 0 Å². The van der Waals surface area contributed by atoms with Crippen LogP contribution in [-0.4, -0.2) is 16.9 Å². The molecule has 1 amide bonds. The van der Waals surface area contributed by atoms with Gasteiger partial charge in [-0.3, -0.25) is 4.79 Å². The minimum Gasteiger partial charge on any atom is -0.396 e. The normalized spacial score (nSPS) is 23.6. The summed E-state index contributed by atoms with van der Waals surface area (Å²) in [6.07, 6.45) is 4.73. The third-order valence-corrected chi connectivity index (χ3v) is 3.46. The first kappa shape index (κ1) is 12.7. The molecule has 18 heavy (non-hydrogen) atoms. The molecule has 1 aromatic heterocycles. The SMILES string of the molecule is CC1CCCC(Nc2nc(C(N)=O)ccc2N)C1. The Morgan fingerprint density at radius 3 is 2.89 bits per heavy atom. The number of aromatic nitrogens is 1. The molecule has 98 valence electrons. The number of carbonyl (C=O) groups excluding carboxylic acids is 1. The van der Waals surface area contributed by atoms with Crippen molar-refractivity contribution >= 4 is 17.4 Å². The number of primary amides is 1. The largest absolute Gasteiger partial charge is 0.396 e. The highest BCUT2D eigenvalue weighted by molar-refractivity contribution is 5.91. The zero-order valence-electron chi connectivity index (χ0n) is 10.6. The van der Waals surface area contributed by atoms with Crippen LogP contribution in [0.25, 0.3) is 0 Å². The Kier molecular flexibility index (Phi) is 3.69. The highest BCUT2D eigenvalue weighted by atomic mass is 16.1. The van der Waals surface area contributed by atoms with Crippen molar-refractivity contribution in [3.63, 3.8) is 0 Å². The first-order chi connectivity index (χ1) is 8.56. The molecule has 0 aromatic carbocycles. The van der Waals surface area contributed by atoms with E-state index < -0.39 is 5.91 Å². The first-order valence-electron chi connectivity index (χ1n) is 6.39. The summed E-state index contributed by atoms with van der Waals surface area (Å²) in [5.74, 6) is 0.761. The molecule has 5 N–H and O–H groups in total. The quantitative estimate of drug-likeness (QED) is 0.759. The van der Waals surface area contributed by atoms with E-state index in [2.05, 4.69) is 17.2 Å². The van der Waals surface area contributed by atoms with Gasteiger partial charge in [0, 0.05) is 6.04 Å². The number of nitrogen functional groups attached to an aromatic ring is 1. The standard InChI is InChI=1S/C13H20N4O/c1-8-3-2-4-9(7-8)16-13-10(14)5-6-11(17-13)12(15)18/h5-6,8-9H,2-4,7,14H2,1H3,(H2,15,18)(H,16,17). The number of amides is 1. The van der Waals surface area contributed by atoms with E-state index in [1.54, 1.807) is 12.1 Å². The lowest BCUT2D eigenvalue weighted by Gasteiger charge is -2.28. The van der Waals surface area contributed by atoms with E-state index in [0.717, 1.165) is 18.8 Å². The van der Waals surface area contributed by atoms with Gasteiger partial charge in [-0.05, 0) is 30.9 Å². The van der Waals surface area contributed by atoms with Crippen molar-refractivity contribution in [2.75, 3.05) is 11.1 Å². The molecule has 2 rings (SSSR count). The molecule has 1 saturated carbocycles. The number of hydrogen-bond donors (Lipinski definition) is 3. The Hall–Kier alpha value is -1.78. The van der Waals surface area contributed by atoms with Crippen molar-refractivity contribution in [3.05, 3.63) is 17.8 Å². The number of nitrogens with two attached hydrogens (primary N) is 2. The summed E-state index contributed by atoms with van der Waals surface area (Å²) < 4.78 is 0. The smallest absolute Gasteiger partial charge is 0.267 e. The van der Waals surface area contributed by atoms with Crippen LogP contribution in [0.1, 0.15) is 43.1 Å². The minimum absolute atomic E-state index is 0.246. The second-order valence-electron chi connectivity index (χ2n) is 5.11. The zero-order valence-corrected chi connectivity index (χ0v) is 10.6. The van der Waals surface area contributed by atoms with Crippen LogP contribution in [0.4, 0.5) is 11.5 Å². The van der Waals surface area contributed by atoms with Crippen LogP contribution in [-0.2, 0) is 0 Å². The third-order valence-electron chi connectivity index (χ3n) is 3.46. The van der Waals surface area contributed by atoms with Gasteiger partial charge < -0.3 is 16.8 Å². The molecule has 0 radical (unpaired) electrons. The number of carbonyl (C=O) groups is 1. The monoisotopic (exact) mass is 248 g/mol. The number of nitrogens with zero attached hydrogens (tertiary/aromatic N) is 1. The van der Waals surface area contributed by atoms with Crippen molar-refractivity contribution in [1.29, 1.82) is 0 Å². The third kappa shape index (κ3) is 2.91. The predicted octanol–water partition coefficient (Wildman–Crippen LogP) is 1.75. The Balaban J connectivity index is 2.12. The summed E-state index contributed by atoms with van der Waals surface area (Å²) >= 11 is 0. The molecular weight excluding hydrogens is 228 g/mol. The molecule has 1 aliphatic rings. The van der Waals surface area contributed by atoms with E-state index in [0.29, 0.717) is 17.5 Å². The molecule has 0 saturated heterocycles. The first-order valence-corrected chi connectivity index (χ1v) is 6.39. The van der Waals surface area contributed by atoms with E-state index in [1.807, 2.05) is 0 Å². The predicted molar refractivity (Wildman–Crippen MR) is 72.2 cm³/mol. The molecular formula is C13H20N4O. The summed E-state index contributed by atoms with van der Waals surface area (Å²) in [5, 5.41) is 3.33. The van der Waals surface area contributed by atoms with Gasteiger partial charge in [-0.2, -0.15) is 0 Å². The lowest BCUT2D eigenvalue weighted by atomic mass is 9.87. The molecule has 1 fully saturated rings. The van der Waals surface area contributed by atoms with Crippen LogP contribution in [0, 0.1) is 5.92 Å². The van der Waals surface area contributed by atoms with Gasteiger partial charge in [0.1, 0.15) is 11.5 Å². The summed E-state index contributed by atoms with van der Waals surface area (Å²) in [5.41, 5.74) is 11.9. The number of pyridine rings is 1. The second-order valence-corrected chi connectivity index (χ2v) is 5.11. The van der Waals surface area contributed by atoms with Crippen LogP contribution in [0.15, 0.2) is 12.1 Å². The van der Waals surface area contributed by atoms with Crippen molar-refractivity contribution in [1.82, 2.24) is 4.98 Å². The molecule has 1 aromatic rings. The molecule has 0 spiro atoms. The highest BCUT2D eigenvalue weighted by Gasteiger charge is 2.20. The molecule has 5 heteroatoms. The number of hydrogen-bond acceptors (Lipinski definition) is 4. The summed E-state index contributed by atoms with van der Waals surface area (Å²) in [6.45, 7) is 2.25. The van der Waals surface area contributed by atoms with E-state index in [1.165, 1.54) is 12.8 Å². The van der Waals surface area contributed by atoms with E-state index in [-0.39, 0.29) is 5.69 Å². The summed E-state index contributed by atoms with van der Waals surface area (Å²) in [4.78, 5) is 15.3. The maximum absolute atomic E-state index is 11.1. The Labute approximate surface area is 107 Å². The van der Waals surface area contributed by atoms with Crippen LogP contribution >= 0.6 is 0 Å². The lowest BCUT2D eigenvalue weighted by molar-refractivity contribution is 0.0995. The fourth-order valence-corrected chi connectivity index (χ4v) is 2.48. The summed E-state index contributed by atoms with van der Waals surface area (Å²) in [7, 11) is 0. The van der Waals surface area contributed by atoms with Gasteiger partial charge in [0.25, 0.3) is 5.91 Å². The fourth-order valence-electron chi connectivity index (χ4n) is 2.48. The average Bonchev–Trinajstić information content (AvgIpc) is 2.31. The Bertz CT molecular complexity index is 447. The molecule has 0 bridgehead atoms. The van der Waals surface area contributed by atoms with Crippen molar-refractivity contribution < 1.29 is 4.79 Å². The van der Waals surface area contributed by atoms with Crippen molar-refractivity contribution in [2.45, 2.75) is 38.6 Å². The van der Waals surface area contributed by atoms with Gasteiger partial charge in [0.05, 0.1) is 5.69 Å². The van der Waals surface area contributed by atoms with Crippen molar-refractivity contribution in [3.8, 4) is 0 Å². The molecule has 1 aliphatic carbocycles. The lowest BCUT2D eigenvalue weighted by Crippen LogP contribution is -2.27. The maximum atomic E-state index is 11.1. The molecule has 0 aliphatic heterocycles. The van der Waals surface area contributed by atoms with Crippen LogP contribution in [0.3, 0.4) is 0 Å². The van der Waals surface area contributed by atoms with Crippen LogP contribution < -0.4 is 16.8 Å². The van der Waals surface area contributed by atoms with Crippen molar-refractivity contribution in [2.24, 2.45) is 11.7 Å². The Morgan fingerprint density at radius 1 is 1.44 bits per heavy atom. The van der Waals surface area contributed by atoms with E-state index in [4.69, 9.17) is 11.5 Å². The number of anilines is 2. The topological polar surface area (TPSA) is 94.0 Å².